The van der Waals surface area contributed by atoms with Crippen LogP contribution in [-0.2, 0) is 9.05 Å². The van der Waals surface area contributed by atoms with Crippen LogP contribution >= 0.6 is 22.3 Å². The third-order valence-corrected chi connectivity index (χ3v) is 5.50. The summed E-state index contributed by atoms with van der Waals surface area (Å²) in [5, 5.41) is 0.227. The zero-order valence-electron chi connectivity index (χ0n) is 11.9. The molecular weight excluding hydrogens is 333 g/mol. The molecule has 0 spiro atoms. The molecule has 1 aliphatic rings. The van der Waals surface area contributed by atoms with Gasteiger partial charge in [-0.3, -0.25) is 4.79 Å². The van der Waals surface area contributed by atoms with Crippen molar-refractivity contribution in [1.82, 2.24) is 4.90 Å². The topological polar surface area (TPSA) is 54.5 Å². The predicted octanol–water partition coefficient (Wildman–Crippen LogP) is 3.45. The Kier molecular flexibility index (Phi) is 4.85. The fourth-order valence-corrected chi connectivity index (χ4v) is 3.63. The van der Waals surface area contributed by atoms with Crippen LogP contribution in [0.5, 0.6) is 0 Å². The largest absolute Gasteiger partial charge is 0.338 e. The highest BCUT2D eigenvalue weighted by Crippen LogP contribution is 2.28. The summed E-state index contributed by atoms with van der Waals surface area (Å²) in [6.45, 7) is 5.15. The van der Waals surface area contributed by atoms with E-state index < -0.39 is 9.05 Å². The molecule has 0 radical (unpaired) electrons. The molecule has 0 aliphatic carbocycles. The summed E-state index contributed by atoms with van der Waals surface area (Å²) >= 11 is 6.04. The summed E-state index contributed by atoms with van der Waals surface area (Å²) in [6.07, 6.45) is 2.05. The van der Waals surface area contributed by atoms with Gasteiger partial charge >= 0.3 is 0 Å². The van der Waals surface area contributed by atoms with E-state index in [9.17, 15) is 13.2 Å². The SMILES string of the molecule is Cc1c(Cl)cc(S(=O)(=O)Cl)cc1C(=O)N1CCCC(C)C1. The van der Waals surface area contributed by atoms with Crippen LogP contribution in [0.15, 0.2) is 17.0 Å². The van der Waals surface area contributed by atoms with Gasteiger partial charge in [-0.05, 0) is 43.4 Å². The average Bonchev–Trinajstić information content (AvgIpc) is 2.39. The summed E-state index contributed by atoms with van der Waals surface area (Å²) in [7, 11) is 1.43. The van der Waals surface area contributed by atoms with Crippen LogP contribution in [0.25, 0.3) is 0 Å². The van der Waals surface area contributed by atoms with Crippen molar-refractivity contribution >= 4 is 37.2 Å². The number of hydrogen-bond donors (Lipinski definition) is 0. The van der Waals surface area contributed by atoms with Gasteiger partial charge in [0.2, 0.25) is 0 Å². The highest BCUT2D eigenvalue weighted by Gasteiger charge is 2.25. The highest BCUT2D eigenvalue weighted by atomic mass is 35.7. The van der Waals surface area contributed by atoms with Gasteiger partial charge in [0.1, 0.15) is 0 Å². The predicted molar refractivity (Wildman–Crippen MR) is 83.5 cm³/mol. The van der Waals surface area contributed by atoms with Crippen molar-refractivity contribution in [3.05, 3.63) is 28.3 Å². The lowest BCUT2D eigenvalue weighted by Gasteiger charge is -2.31. The fraction of sp³-hybridized carbons (Fsp3) is 0.500. The van der Waals surface area contributed by atoms with Crippen LogP contribution < -0.4 is 0 Å². The van der Waals surface area contributed by atoms with E-state index in [0.29, 0.717) is 30.1 Å². The molecule has 0 bridgehead atoms. The molecule has 1 aromatic carbocycles. The molecule has 1 fully saturated rings. The number of nitrogens with zero attached hydrogens (tertiary/aromatic N) is 1. The molecule has 1 aliphatic heterocycles. The van der Waals surface area contributed by atoms with Crippen molar-refractivity contribution in [2.45, 2.75) is 31.6 Å². The van der Waals surface area contributed by atoms with Crippen LogP contribution in [0.3, 0.4) is 0 Å². The van der Waals surface area contributed by atoms with Gasteiger partial charge in [-0.2, -0.15) is 0 Å². The highest BCUT2D eigenvalue weighted by molar-refractivity contribution is 8.13. The third kappa shape index (κ3) is 3.71. The number of carbonyl (C=O) groups is 1. The van der Waals surface area contributed by atoms with Gasteiger partial charge in [0, 0.05) is 34.4 Å². The van der Waals surface area contributed by atoms with E-state index in [-0.39, 0.29) is 15.8 Å². The lowest BCUT2D eigenvalue weighted by atomic mass is 9.98. The summed E-state index contributed by atoms with van der Waals surface area (Å²) in [6, 6.07) is 2.58. The van der Waals surface area contributed by atoms with Gasteiger partial charge in [0.25, 0.3) is 15.0 Å². The maximum atomic E-state index is 12.6. The summed E-state index contributed by atoms with van der Waals surface area (Å²) in [5.74, 6) is 0.251. The van der Waals surface area contributed by atoms with Gasteiger partial charge in [0.05, 0.1) is 4.90 Å². The maximum absolute atomic E-state index is 12.6. The molecule has 0 N–H and O–H groups in total. The van der Waals surface area contributed by atoms with E-state index in [1.54, 1.807) is 11.8 Å². The monoisotopic (exact) mass is 349 g/mol. The van der Waals surface area contributed by atoms with Crippen molar-refractivity contribution < 1.29 is 13.2 Å². The molecule has 21 heavy (non-hydrogen) atoms. The van der Waals surface area contributed by atoms with Crippen molar-refractivity contribution in [2.75, 3.05) is 13.1 Å². The van der Waals surface area contributed by atoms with E-state index in [1.165, 1.54) is 12.1 Å². The molecule has 4 nitrogen and oxygen atoms in total. The summed E-state index contributed by atoms with van der Waals surface area (Å²) in [4.78, 5) is 14.2. The zero-order valence-corrected chi connectivity index (χ0v) is 14.2. The normalized spacial score (nSPS) is 19.6. The first-order valence-electron chi connectivity index (χ1n) is 6.74. The molecule has 0 saturated carbocycles. The first kappa shape index (κ1) is 16.6. The second kappa shape index (κ2) is 6.15. The lowest BCUT2D eigenvalue weighted by molar-refractivity contribution is 0.0682. The molecule has 1 atom stereocenters. The molecule has 116 valence electrons. The van der Waals surface area contributed by atoms with Crippen molar-refractivity contribution in [3.63, 3.8) is 0 Å². The number of benzene rings is 1. The Labute approximate surface area is 134 Å². The third-order valence-electron chi connectivity index (χ3n) is 3.77. The second-order valence-corrected chi connectivity index (χ2v) is 8.49. The zero-order chi connectivity index (χ0) is 15.8. The standard InChI is InChI=1S/C14H17Cl2NO3S/c1-9-4-3-5-17(8-9)14(18)12-6-11(21(16,19)20)7-13(15)10(12)2/h6-7,9H,3-5,8H2,1-2H3. The Morgan fingerprint density at radius 2 is 2.05 bits per heavy atom. The van der Waals surface area contributed by atoms with E-state index in [4.69, 9.17) is 22.3 Å². The van der Waals surface area contributed by atoms with Crippen LogP contribution in [-0.4, -0.2) is 32.3 Å². The van der Waals surface area contributed by atoms with Gasteiger partial charge < -0.3 is 4.90 Å². The van der Waals surface area contributed by atoms with Crippen molar-refractivity contribution in [1.29, 1.82) is 0 Å². The van der Waals surface area contributed by atoms with Crippen LogP contribution in [0.1, 0.15) is 35.7 Å². The second-order valence-electron chi connectivity index (χ2n) is 5.51. The van der Waals surface area contributed by atoms with Gasteiger partial charge in [-0.15, -0.1) is 0 Å². The lowest BCUT2D eigenvalue weighted by Crippen LogP contribution is -2.39. The number of piperidine rings is 1. The molecule has 7 heteroatoms. The molecule has 1 unspecified atom stereocenters. The Morgan fingerprint density at radius 3 is 2.62 bits per heavy atom. The van der Waals surface area contributed by atoms with Crippen LogP contribution in [0, 0.1) is 12.8 Å². The van der Waals surface area contributed by atoms with E-state index in [1.807, 2.05) is 0 Å². The first-order valence-corrected chi connectivity index (χ1v) is 9.43. The number of likely N-dealkylation sites (tertiary alicyclic amines) is 1. The van der Waals surface area contributed by atoms with E-state index >= 15 is 0 Å². The molecule has 1 amide bonds. The maximum Gasteiger partial charge on any atom is 0.261 e. The smallest absolute Gasteiger partial charge is 0.261 e. The summed E-state index contributed by atoms with van der Waals surface area (Å²) in [5.41, 5.74) is 0.875. The number of halogens is 2. The van der Waals surface area contributed by atoms with Gasteiger partial charge in [0.15, 0.2) is 0 Å². The number of amides is 1. The average molecular weight is 350 g/mol. The Bertz CT molecular complexity index is 673. The number of carbonyl (C=O) groups excluding carboxylic acids is 1. The molecule has 1 saturated heterocycles. The molecule has 1 heterocycles. The Morgan fingerprint density at radius 1 is 1.38 bits per heavy atom. The minimum absolute atomic E-state index is 0.145. The van der Waals surface area contributed by atoms with Crippen LogP contribution in [0.2, 0.25) is 5.02 Å². The Balaban J connectivity index is 2.43. The minimum atomic E-state index is -3.92. The summed E-state index contributed by atoms with van der Waals surface area (Å²) < 4.78 is 23.0. The quantitative estimate of drug-likeness (QED) is 0.768. The fourth-order valence-electron chi connectivity index (χ4n) is 2.56. The van der Waals surface area contributed by atoms with Gasteiger partial charge in [-0.25, -0.2) is 8.42 Å². The molecule has 2 rings (SSSR count). The number of rotatable bonds is 2. The minimum Gasteiger partial charge on any atom is -0.338 e. The molecule has 1 aromatic rings. The van der Waals surface area contributed by atoms with E-state index in [2.05, 4.69) is 6.92 Å². The first-order chi connectivity index (χ1) is 9.70. The molecule has 0 aromatic heterocycles. The van der Waals surface area contributed by atoms with Crippen molar-refractivity contribution in [3.8, 4) is 0 Å². The number of hydrogen-bond acceptors (Lipinski definition) is 3. The van der Waals surface area contributed by atoms with E-state index in [0.717, 1.165) is 12.8 Å². The molecular formula is C14H17Cl2NO3S. The Hall–Kier alpha value is -0.780. The van der Waals surface area contributed by atoms with Crippen molar-refractivity contribution in [2.24, 2.45) is 5.92 Å². The van der Waals surface area contributed by atoms with Crippen LogP contribution in [0.4, 0.5) is 0 Å². The van der Waals surface area contributed by atoms with Gasteiger partial charge in [-0.1, -0.05) is 18.5 Å².